The van der Waals surface area contributed by atoms with Crippen LogP contribution in [0.5, 0.6) is 0 Å². The summed E-state index contributed by atoms with van der Waals surface area (Å²) in [6.45, 7) is 6.57. The zero-order chi connectivity index (χ0) is 19.5. The van der Waals surface area contributed by atoms with Crippen LogP contribution in [-0.2, 0) is 9.63 Å². The third-order valence-electron chi connectivity index (χ3n) is 5.51. The van der Waals surface area contributed by atoms with Crippen molar-refractivity contribution in [1.82, 2.24) is 4.65 Å². The van der Waals surface area contributed by atoms with Crippen LogP contribution in [0.3, 0.4) is 0 Å². The molecule has 0 heterocycles. The molecule has 2 aromatic rings. The van der Waals surface area contributed by atoms with Crippen LogP contribution >= 0.6 is 0 Å². The molecular formula is C23H30NO3+. The largest absolute Gasteiger partial charge is 0.481 e. The first-order chi connectivity index (χ1) is 12.8. The molecule has 0 radical (unpaired) electrons. The van der Waals surface area contributed by atoms with Crippen molar-refractivity contribution in [1.29, 1.82) is 0 Å². The van der Waals surface area contributed by atoms with E-state index in [2.05, 4.69) is 45.0 Å². The Balaban J connectivity index is 2.01. The second kappa shape index (κ2) is 7.83. The molecule has 0 bridgehead atoms. The molecule has 0 unspecified atom stereocenters. The van der Waals surface area contributed by atoms with Gasteiger partial charge in [-0.3, -0.25) is 4.79 Å². The average molecular weight is 368 g/mol. The summed E-state index contributed by atoms with van der Waals surface area (Å²) in [6.07, 6.45) is 2.92. The number of carboxylic acid groups (broad SMARTS) is 1. The van der Waals surface area contributed by atoms with Crippen LogP contribution in [0, 0.1) is 5.92 Å². The van der Waals surface area contributed by atoms with Crippen molar-refractivity contribution in [3.05, 3.63) is 60.7 Å². The molecule has 0 aliphatic heterocycles. The third kappa shape index (κ3) is 3.92. The Bertz CT molecular complexity index is 705. The van der Waals surface area contributed by atoms with E-state index in [1.165, 1.54) is 0 Å². The molecule has 144 valence electrons. The standard InChI is InChI=1S/C23H29NO3/c1-23(2,3)24(19-10-6-4-7-11-19,20-12-8-5-9-13-20)27-21-16-14-18(15-17-21)22(25)26/h4-13,18,21H,14-17H2,1-3H3/p+1. The molecule has 0 amide bonds. The van der Waals surface area contributed by atoms with Crippen LogP contribution in [0.25, 0.3) is 0 Å². The van der Waals surface area contributed by atoms with E-state index in [0.717, 1.165) is 24.2 Å². The highest BCUT2D eigenvalue weighted by atomic mass is 16.7. The van der Waals surface area contributed by atoms with Gasteiger partial charge in [-0.15, -0.1) is 4.65 Å². The number of benzene rings is 2. The fraction of sp³-hybridized carbons (Fsp3) is 0.435. The minimum absolute atomic E-state index is 0.0280. The summed E-state index contributed by atoms with van der Waals surface area (Å²) in [5.41, 5.74) is 1.92. The lowest BCUT2D eigenvalue weighted by atomic mass is 9.87. The van der Waals surface area contributed by atoms with Crippen LogP contribution in [0.1, 0.15) is 46.5 Å². The van der Waals surface area contributed by atoms with E-state index in [9.17, 15) is 9.90 Å². The molecule has 0 saturated heterocycles. The fourth-order valence-corrected chi connectivity index (χ4v) is 4.12. The van der Waals surface area contributed by atoms with E-state index >= 15 is 0 Å². The number of para-hydroxylation sites is 2. The summed E-state index contributed by atoms with van der Waals surface area (Å²) in [6, 6.07) is 20.7. The SMILES string of the molecule is CC(C)(C)[N+](OC1CCC(C(=O)O)CC1)(c1ccccc1)c1ccccc1. The van der Waals surface area contributed by atoms with Gasteiger partial charge in [0.05, 0.1) is 5.92 Å². The van der Waals surface area contributed by atoms with Crippen LogP contribution in [0.2, 0.25) is 0 Å². The molecule has 0 atom stereocenters. The Labute approximate surface area is 161 Å². The van der Waals surface area contributed by atoms with Crippen LogP contribution in [-0.4, -0.2) is 22.7 Å². The molecule has 1 aliphatic carbocycles. The first-order valence-corrected chi connectivity index (χ1v) is 9.76. The number of aliphatic carboxylic acids is 1. The molecule has 1 N–H and O–H groups in total. The molecule has 2 aromatic carbocycles. The van der Waals surface area contributed by atoms with Crippen LogP contribution in [0.4, 0.5) is 11.4 Å². The summed E-state index contributed by atoms with van der Waals surface area (Å²) in [5.74, 6) is -0.925. The van der Waals surface area contributed by atoms with Crippen molar-refractivity contribution < 1.29 is 14.7 Å². The van der Waals surface area contributed by atoms with E-state index < -0.39 is 5.97 Å². The molecule has 1 aliphatic rings. The topological polar surface area (TPSA) is 46.5 Å². The Morgan fingerprint density at radius 2 is 1.33 bits per heavy atom. The minimum Gasteiger partial charge on any atom is -0.481 e. The fourth-order valence-electron chi connectivity index (χ4n) is 4.12. The van der Waals surface area contributed by atoms with E-state index in [1.807, 2.05) is 36.4 Å². The zero-order valence-electron chi connectivity index (χ0n) is 16.5. The smallest absolute Gasteiger partial charge is 0.306 e. The number of quaternary nitrogens is 1. The van der Waals surface area contributed by atoms with Gasteiger partial charge < -0.3 is 5.11 Å². The molecule has 1 fully saturated rings. The Morgan fingerprint density at radius 3 is 1.70 bits per heavy atom. The second-order valence-electron chi connectivity index (χ2n) is 8.37. The second-order valence-corrected chi connectivity index (χ2v) is 8.37. The molecule has 3 rings (SSSR count). The lowest BCUT2D eigenvalue weighted by molar-refractivity contribution is -0.201. The Kier molecular flexibility index (Phi) is 5.68. The maximum Gasteiger partial charge on any atom is 0.306 e. The zero-order valence-corrected chi connectivity index (χ0v) is 16.5. The number of rotatable bonds is 5. The van der Waals surface area contributed by atoms with Crippen LogP contribution < -0.4 is 4.65 Å². The predicted octanol–water partition coefficient (Wildman–Crippen LogP) is 5.70. The summed E-state index contributed by atoms with van der Waals surface area (Å²) in [7, 11) is 0. The minimum atomic E-state index is -0.684. The van der Waals surface area contributed by atoms with Crippen molar-refractivity contribution in [3.63, 3.8) is 0 Å². The molecule has 0 spiro atoms. The first-order valence-electron chi connectivity index (χ1n) is 9.76. The number of nitrogens with zero attached hydrogens (tertiary/aromatic N) is 1. The number of hydroxylamine groups is 1. The van der Waals surface area contributed by atoms with Crippen molar-refractivity contribution >= 4 is 17.3 Å². The molecular weight excluding hydrogens is 338 g/mol. The first kappa shape index (κ1) is 19.6. The lowest BCUT2D eigenvalue weighted by Gasteiger charge is -2.46. The maximum atomic E-state index is 11.3. The predicted molar refractivity (Wildman–Crippen MR) is 109 cm³/mol. The highest BCUT2D eigenvalue weighted by Crippen LogP contribution is 2.45. The summed E-state index contributed by atoms with van der Waals surface area (Å²) < 4.78 is 0.289. The van der Waals surface area contributed by atoms with Gasteiger partial charge in [0.1, 0.15) is 11.6 Å². The molecule has 4 nitrogen and oxygen atoms in total. The van der Waals surface area contributed by atoms with Gasteiger partial charge in [0.15, 0.2) is 11.4 Å². The number of carbonyl (C=O) groups is 1. The van der Waals surface area contributed by atoms with Gasteiger partial charge in [-0.25, -0.2) is 0 Å². The van der Waals surface area contributed by atoms with Crippen LogP contribution in [0.15, 0.2) is 60.7 Å². The molecule has 4 heteroatoms. The maximum absolute atomic E-state index is 11.3. The third-order valence-corrected chi connectivity index (χ3v) is 5.51. The van der Waals surface area contributed by atoms with E-state index in [0.29, 0.717) is 12.8 Å². The van der Waals surface area contributed by atoms with Crippen molar-refractivity contribution in [3.8, 4) is 0 Å². The molecule has 1 saturated carbocycles. The van der Waals surface area contributed by atoms with E-state index in [1.54, 1.807) is 0 Å². The Morgan fingerprint density at radius 1 is 0.889 bits per heavy atom. The summed E-state index contributed by atoms with van der Waals surface area (Å²) in [4.78, 5) is 18.2. The monoisotopic (exact) mass is 368 g/mol. The number of hydrogen-bond donors (Lipinski definition) is 1. The summed E-state index contributed by atoms with van der Waals surface area (Å²) in [5, 5.41) is 9.30. The highest BCUT2D eigenvalue weighted by molar-refractivity contribution is 5.70. The van der Waals surface area contributed by atoms with E-state index in [-0.39, 0.29) is 22.2 Å². The number of hydrogen-bond acceptors (Lipinski definition) is 2. The van der Waals surface area contributed by atoms with E-state index in [4.69, 9.17) is 4.84 Å². The summed E-state index contributed by atoms with van der Waals surface area (Å²) >= 11 is 0. The van der Waals surface area contributed by atoms with Gasteiger partial charge >= 0.3 is 5.97 Å². The van der Waals surface area contributed by atoms with Gasteiger partial charge in [-0.05, 0) is 46.5 Å². The lowest BCUT2D eigenvalue weighted by Crippen LogP contribution is -2.59. The van der Waals surface area contributed by atoms with Gasteiger partial charge in [0.2, 0.25) is 0 Å². The average Bonchev–Trinajstić information content (AvgIpc) is 2.67. The van der Waals surface area contributed by atoms with Gasteiger partial charge in [0.25, 0.3) is 0 Å². The van der Waals surface area contributed by atoms with Gasteiger partial charge in [-0.2, -0.15) is 4.84 Å². The Hall–Kier alpha value is -2.17. The van der Waals surface area contributed by atoms with Crippen molar-refractivity contribution in [2.75, 3.05) is 0 Å². The quantitative estimate of drug-likeness (QED) is 0.544. The van der Waals surface area contributed by atoms with Gasteiger partial charge in [-0.1, -0.05) is 36.4 Å². The highest BCUT2D eigenvalue weighted by Gasteiger charge is 2.49. The number of carboxylic acids is 1. The normalized spacial score (nSPS) is 21.0. The molecule has 0 aromatic heterocycles. The van der Waals surface area contributed by atoms with Gasteiger partial charge in [0, 0.05) is 24.3 Å². The molecule has 27 heavy (non-hydrogen) atoms. The van der Waals surface area contributed by atoms with Crippen molar-refractivity contribution in [2.45, 2.75) is 58.1 Å². The van der Waals surface area contributed by atoms with Crippen molar-refractivity contribution in [2.24, 2.45) is 5.92 Å².